The van der Waals surface area contributed by atoms with E-state index in [1.54, 1.807) is 6.20 Å². The summed E-state index contributed by atoms with van der Waals surface area (Å²) in [6.45, 7) is 7.12. The van der Waals surface area contributed by atoms with Gasteiger partial charge in [0.1, 0.15) is 12.4 Å². The first-order valence-electron chi connectivity index (χ1n) is 11.8. The van der Waals surface area contributed by atoms with Crippen LogP contribution in [-0.2, 0) is 17.8 Å². The van der Waals surface area contributed by atoms with Crippen LogP contribution in [-0.4, -0.2) is 16.1 Å². The van der Waals surface area contributed by atoms with Crippen molar-refractivity contribution in [1.29, 1.82) is 0 Å². The summed E-state index contributed by atoms with van der Waals surface area (Å²) in [6, 6.07) is 20.6. The number of aromatic nitrogens is 1. The summed E-state index contributed by atoms with van der Waals surface area (Å²) in [5.74, 6) is 0.604. The number of ether oxygens (including phenoxy) is 1. The Morgan fingerprint density at radius 3 is 2.52 bits per heavy atom. The molecule has 1 heterocycles. The van der Waals surface area contributed by atoms with E-state index in [9.17, 15) is 9.90 Å². The Kier molecular flexibility index (Phi) is 6.83. The molecule has 0 bridgehead atoms. The average Bonchev–Trinajstić information content (AvgIpc) is 3.61. The van der Waals surface area contributed by atoms with Crippen LogP contribution < -0.4 is 4.74 Å². The molecule has 1 aliphatic rings. The molecule has 1 fully saturated rings. The van der Waals surface area contributed by atoms with E-state index in [2.05, 4.69) is 45.0 Å². The maximum Gasteiger partial charge on any atom is 0.303 e. The first kappa shape index (κ1) is 23.0. The van der Waals surface area contributed by atoms with Gasteiger partial charge in [0, 0.05) is 5.56 Å². The van der Waals surface area contributed by atoms with Gasteiger partial charge >= 0.3 is 5.97 Å². The molecule has 0 saturated heterocycles. The van der Waals surface area contributed by atoms with E-state index in [-0.39, 0.29) is 17.8 Å². The molecule has 1 aromatic heterocycles. The summed E-state index contributed by atoms with van der Waals surface area (Å²) in [5.41, 5.74) is 5.57. The Morgan fingerprint density at radius 2 is 1.85 bits per heavy atom. The second-order valence-electron chi connectivity index (χ2n) is 10.4. The van der Waals surface area contributed by atoms with Crippen LogP contribution in [0.4, 0.5) is 0 Å². The van der Waals surface area contributed by atoms with Gasteiger partial charge < -0.3 is 9.84 Å². The van der Waals surface area contributed by atoms with E-state index in [0.717, 1.165) is 47.4 Å². The van der Waals surface area contributed by atoms with Crippen molar-refractivity contribution in [2.75, 3.05) is 0 Å². The average molecular weight is 444 g/mol. The quantitative estimate of drug-likeness (QED) is 0.391. The lowest BCUT2D eigenvalue weighted by Gasteiger charge is -2.21. The lowest BCUT2D eigenvalue weighted by molar-refractivity contribution is -0.137. The molecule has 4 nitrogen and oxygen atoms in total. The van der Waals surface area contributed by atoms with E-state index < -0.39 is 5.97 Å². The summed E-state index contributed by atoms with van der Waals surface area (Å²) < 4.78 is 6.15. The fraction of sp³-hybridized carbons (Fsp3) is 0.379. The minimum atomic E-state index is -0.732. The first-order chi connectivity index (χ1) is 15.8. The zero-order valence-corrected chi connectivity index (χ0v) is 19.8. The van der Waals surface area contributed by atoms with Crippen molar-refractivity contribution in [2.45, 2.75) is 59.0 Å². The van der Waals surface area contributed by atoms with E-state index in [4.69, 9.17) is 9.72 Å². The Labute approximate surface area is 196 Å². The standard InChI is InChI=1S/C29H33NO3/c1-29(2,3)17-24-15-25(18-30-28(24)22-9-5-4-6-10-22)33-19-20-8-7-11-23(14-20)26(16-27(31)32)21-12-13-21/h4-11,14-15,18,21,26H,12-13,16-17,19H2,1-3H3,(H,31,32). The number of carboxylic acids is 1. The third kappa shape index (κ3) is 6.44. The van der Waals surface area contributed by atoms with Gasteiger partial charge in [0.05, 0.1) is 18.3 Å². The Balaban J connectivity index is 1.52. The van der Waals surface area contributed by atoms with Gasteiger partial charge in [-0.25, -0.2) is 0 Å². The molecule has 0 radical (unpaired) electrons. The van der Waals surface area contributed by atoms with E-state index in [1.165, 1.54) is 5.56 Å². The smallest absolute Gasteiger partial charge is 0.303 e. The molecule has 4 heteroatoms. The maximum atomic E-state index is 11.3. The molecule has 1 aliphatic carbocycles. The molecule has 172 valence electrons. The summed E-state index contributed by atoms with van der Waals surface area (Å²) in [5, 5.41) is 9.32. The number of aliphatic carboxylic acids is 1. The SMILES string of the molecule is CC(C)(C)Cc1cc(OCc2cccc(C(CC(=O)O)C3CC3)c2)cnc1-c1ccccc1. The molecular formula is C29H33NO3. The highest BCUT2D eigenvalue weighted by Gasteiger charge is 2.33. The van der Waals surface area contributed by atoms with E-state index in [0.29, 0.717) is 12.5 Å². The lowest BCUT2D eigenvalue weighted by Crippen LogP contribution is -2.11. The maximum absolute atomic E-state index is 11.3. The second kappa shape index (κ2) is 9.78. The number of nitrogens with zero attached hydrogens (tertiary/aromatic N) is 1. The third-order valence-electron chi connectivity index (χ3n) is 6.08. The minimum Gasteiger partial charge on any atom is -0.487 e. The molecule has 1 N–H and O–H groups in total. The van der Waals surface area contributed by atoms with Crippen molar-refractivity contribution in [3.05, 3.63) is 83.6 Å². The summed E-state index contributed by atoms with van der Waals surface area (Å²) in [6.07, 6.45) is 5.13. The van der Waals surface area contributed by atoms with E-state index in [1.807, 2.05) is 36.4 Å². The van der Waals surface area contributed by atoms with Crippen molar-refractivity contribution in [3.8, 4) is 17.0 Å². The van der Waals surface area contributed by atoms with Gasteiger partial charge in [-0.1, -0.05) is 75.4 Å². The Morgan fingerprint density at radius 1 is 1.09 bits per heavy atom. The zero-order valence-electron chi connectivity index (χ0n) is 19.8. The Bertz CT molecular complexity index is 1100. The van der Waals surface area contributed by atoms with Crippen LogP contribution in [0, 0.1) is 11.3 Å². The fourth-order valence-corrected chi connectivity index (χ4v) is 4.45. The minimum absolute atomic E-state index is 0.0904. The monoisotopic (exact) mass is 443 g/mol. The number of hydrogen-bond acceptors (Lipinski definition) is 3. The molecular weight excluding hydrogens is 410 g/mol. The number of carboxylic acid groups (broad SMARTS) is 1. The number of rotatable bonds is 9. The van der Waals surface area contributed by atoms with Gasteiger partial charge in [-0.2, -0.15) is 0 Å². The van der Waals surface area contributed by atoms with Crippen LogP contribution in [0.3, 0.4) is 0 Å². The van der Waals surface area contributed by atoms with Gasteiger partial charge in [0.15, 0.2) is 0 Å². The molecule has 1 unspecified atom stereocenters. The first-order valence-corrected chi connectivity index (χ1v) is 11.8. The van der Waals surface area contributed by atoms with Crippen molar-refractivity contribution < 1.29 is 14.6 Å². The van der Waals surface area contributed by atoms with E-state index >= 15 is 0 Å². The van der Waals surface area contributed by atoms with Crippen LogP contribution >= 0.6 is 0 Å². The largest absolute Gasteiger partial charge is 0.487 e. The van der Waals surface area contributed by atoms with Crippen molar-refractivity contribution in [1.82, 2.24) is 4.98 Å². The molecule has 4 rings (SSSR count). The number of pyridine rings is 1. The normalized spacial score (nSPS) is 14.6. The van der Waals surface area contributed by atoms with Gasteiger partial charge in [0.2, 0.25) is 0 Å². The second-order valence-corrected chi connectivity index (χ2v) is 10.4. The molecule has 0 amide bonds. The lowest BCUT2D eigenvalue weighted by atomic mass is 9.86. The highest BCUT2D eigenvalue weighted by Crippen LogP contribution is 2.44. The number of carbonyl (C=O) groups is 1. The fourth-order valence-electron chi connectivity index (χ4n) is 4.45. The predicted octanol–water partition coefficient (Wildman–Crippen LogP) is 6.88. The van der Waals surface area contributed by atoms with Crippen LogP contribution in [0.25, 0.3) is 11.3 Å². The van der Waals surface area contributed by atoms with Gasteiger partial charge in [0.25, 0.3) is 0 Å². The predicted molar refractivity (Wildman–Crippen MR) is 131 cm³/mol. The van der Waals surface area contributed by atoms with Gasteiger partial charge in [-0.15, -0.1) is 0 Å². The third-order valence-corrected chi connectivity index (χ3v) is 6.08. The molecule has 0 aliphatic heterocycles. The van der Waals surface area contributed by atoms with Crippen LogP contribution in [0.15, 0.2) is 66.9 Å². The zero-order chi connectivity index (χ0) is 23.4. The van der Waals surface area contributed by atoms with Gasteiger partial charge in [-0.05, 0) is 59.3 Å². The van der Waals surface area contributed by atoms with Crippen LogP contribution in [0.1, 0.15) is 62.6 Å². The number of benzene rings is 2. The van der Waals surface area contributed by atoms with Crippen molar-refractivity contribution >= 4 is 5.97 Å². The molecule has 3 aromatic rings. The van der Waals surface area contributed by atoms with Crippen molar-refractivity contribution in [3.63, 3.8) is 0 Å². The van der Waals surface area contributed by atoms with Crippen LogP contribution in [0.5, 0.6) is 5.75 Å². The Hall–Kier alpha value is -3.14. The highest BCUT2D eigenvalue weighted by atomic mass is 16.5. The molecule has 1 atom stereocenters. The summed E-state index contributed by atoms with van der Waals surface area (Å²) >= 11 is 0. The van der Waals surface area contributed by atoms with Crippen molar-refractivity contribution in [2.24, 2.45) is 11.3 Å². The highest BCUT2D eigenvalue weighted by molar-refractivity contribution is 5.68. The molecule has 33 heavy (non-hydrogen) atoms. The molecule has 2 aromatic carbocycles. The topological polar surface area (TPSA) is 59.4 Å². The summed E-state index contributed by atoms with van der Waals surface area (Å²) in [4.78, 5) is 16.1. The number of hydrogen-bond donors (Lipinski definition) is 1. The van der Waals surface area contributed by atoms with Crippen LogP contribution in [0.2, 0.25) is 0 Å². The van der Waals surface area contributed by atoms with Gasteiger partial charge in [-0.3, -0.25) is 9.78 Å². The molecule has 1 saturated carbocycles. The molecule has 0 spiro atoms. The summed E-state index contributed by atoms with van der Waals surface area (Å²) in [7, 11) is 0.